The molecule has 10 heteroatoms. The highest BCUT2D eigenvalue weighted by molar-refractivity contribution is 7.07. The molecule has 0 spiro atoms. The molecule has 0 saturated heterocycles. The molecule has 150 valence electrons. The molecule has 30 heavy (non-hydrogen) atoms. The van der Waals surface area contributed by atoms with E-state index in [2.05, 4.69) is 42.7 Å². The maximum Gasteiger partial charge on any atom is 0.276 e. The van der Waals surface area contributed by atoms with Gasteiger partial charge in [-0.15, -0.1) is 11.3 Å². The van der Waals surface area contributed by atoms with Gasteiger partial charge >= 0.3 is 0 Å². The van der Waals surface area contributed by atoms with Gasteiger partial charge in [0.25, 0.3) is 5.91 Å². The van der Waals surface area contributed by atoms with Gasteiger partial charge in [-0.05, 0) is 24.1 Å². The average Bonchev–Trinajstić information content (AvgIpc) is 3.55. The fraction of sp³-hybridized carbons (Fsp3) is 0.150. The predicted molar refractivity (Wildman–Crippen MR) is 114 cm³/mol. The number of rotatable bonds is 6. The second kappa shape index (κ2) is 7.56. The molecule has 4 heterocycles. The molecule has 0 saturated carbocycles. The summed E-state index contributed by atoms with van der Waals surface area (Å²) < 4.78 is 1.82. The molecule has 0 aliphatic heterocycles. The topological polar surface area (TPSA) is 117 Å². The van der Waals surface area contributed by atoms with Crippen molar-refractivity contribution in [3.8, 4) is 11.1 Å². The highest BCUT2D eigenvalue weighted by Gasteiger charge is 2.18. The lowest BCUT2D eigenvalue weighted by Crippen LogP contribution is -2.13. The standard InChI is InChI=1S/C20H18N8OS/c1-2-18(17-10-30-11-21-17)28-9-14(8-24-28)25-20(29)19-15-4-3-12(5-16(15)26-27-19)13-6-22-23-7-13/h3-11,18H,2H2,1H3,(H,22,23)(H,25,29)(H,26,27)/t18-/m0/s1. The van der Waals surface area contributed by atoms with Crippen molar-refractivity contribution < 1.29 is 4.79 Å². The molecule has 0 radical (unpaired) electrons. The Kier molecular flexibility index (Phi) is 4.60. The quantitative estimate of drug-likeness (QED) is 0.387. The number of aromatic amines is 2. The average molecular weight is 418 g/mol. The van der Waals surface area contributed by atoms with Crippen LogP contribution < -0.4 is 5.32 Å². The Labute approximate surface area is 175 Å². The molecule has 9 nitrogen and oxygen atoms in total. The highest BCUT2D eigenvalue weighted by Crippen LogP contribution is 2.26. The van der Waals surface area contributed by atoms with E-state index >= 15 is 0 Å². The first-order chi connectivity index (χ1) is 14.7. The van der Waals surface area contributed by atoms with Gasteiger partial charge in [-0.3, -0.25) is 19.7 Å². The number of amides is 1. The first-order valence-electron chi connectivity index (χ1n) is 9.44. The molecule has 0 aliphatic carbocycles. The van der Waals surface area contributed by atoms with Crippen molar-refractivity contribution in [3.05, 3.63) is 65.3 Å². The number of aromatic nitrogens is 7. The van der Waals surface area contributed by atoms with E-state index in [1.54, 1.807) is 23.7 Å². The van der Waals surface area contributed by atoms with E-state index in [9.17, 15) is 4.79 Å². The molecule has 3 N–H and O–H groups in total. The summed E-state index contributed by atoms with van der Waals surface area (Å²) in [6.07, 6.45) is 7.87. The summed E-state index contributed by atoms with van der Waals surface area (Å²) in [5, 5.41) is 24.0. The zero-order chi connectivity index (χ0) is 20.5. The monoisotopic (exact) mass is 418 g/mol. The number of H-pyrrole nitrogens is 2. The van der Waals surface area contributed by atoms with Gasteiger partial charge in [-0.2, -0.15) is 15.3 Å². The summed E-state index contributed by atoms with van der Waals surface area (Å²) in [6, 6.07) is 5.81. The van der Waals surface area contributed by atoms with Crippen molar-refractivity contribution in [1.29, 1.82) is 0 Å². The van der Waals surface area contributed by atoms with Crippen molar-refractivity contribution in [2.24, 2.45) is 0 Å². The van der Waals surface area contributed by atoms with Crippen molar-refractivity contribution in [1.82, 2.24) is 35.2 Å². The highest BCUT2D eigenvalue weighted by atomic mass is 32.1. The van der Waals surface area contributed by atoms with Crippen LogP contribution in [0.25, 0.3) is 22.0 Å². The molecule has 5 aromatic rings. The van der Waals surface area contributed by atoms with Gasteiger partial charge in [0.1, 0.15) is 0 Å². The van der Waals surface area contributed by atoms with Gasteiger partial charge in [0.05, 0.1) is 40.8 Å². The molecular formula is C20H18N8OS. The molecule has 4 aromatic heterocycles. The molecule has 0 bridgehead atoms. The second-order valence-electron chi connectivity index (χ2n) is 6.82. The summed E-state index contributed by atoms with van der Waals surface area (Å²) in [7, 11) is 0. The minimum absolute atomic E-state index is 0.0365. The van der Waals surface area contributed by atoms with Crippen LogP contribution in [0.5, 0.6) is 0 Å². The number of hydrogen-bond donors (Lipinski definition) is 3. The molecule has 5 rings (SSSR count). The third kappa shape index (κ3) is 3.26. The predicted octanol–water partition coefficient (Wildman–Crippen LogP) is 3.86. The molecule has 0 aliphatic rings. The van der Waals surface area contributed by atoms with Gasteiger partial charge in [-0.1, -0.05) is 13.0 Å². The molecule has 1 amide bonds. The molecular weight excluding hydrogens is 400 g/mol. The van der Waals surface area contributed by atoms with Crippen LogP contribution in [0.2, 0.25) is 0 Å². The third-order valence-electron chi connectivity index (χ3n) is 4.97. The number of thiazole rings is 1. The summed E-state index contributed by atoms with van der Waals surface area (Å²) >= 11 is 1.56. The summed E-state index contributed by atoms with van der Waals surface area (Å²) in [5.74, 6) is -0.293. The first kappa shape index (κ1) is 18.3. The number of carbonyl (C=O) groups is 1. The fourth-order valence-corrected chi connectivity index (χ4v) is 4.06. The normalized spacial score (nSPS) is 12.3. The van der Waals surface area contributed by atoms with Crippen LogP contribution in [0.15, 0.2) is 53.9 Å². The van der Waals surface area contributed by atoms with Crippen LogP contribution in [-0.4, -0.2) is 41.1 Å². The Balaban J connectivity index is 1.37. The van der Waals surface area contributed by atoms with Gasteiger partial charge in [0.15, 0.2) is 5.69 Å². The molecule has 0 fully saturated rings. The lowest BCUT2D eigenvalue weighted by atomic mass is 10.1. The summed E-state index contributed by atoms with van der Waals surface area (Å²) in [6.45, 7) is 2.08. The third-order valence-corrected chi connectivity index (χ3v) is 5.57. The maximum absolute atomic E-state index is 12.8. The first-order valence-corrected chi connectivity index (χ1v) is 10.4. The van der Waals surface area contributed by atoms with Crippen LogP contribution in [-0.2, 0) is 0 Å². The number of fused-ring (bicyclic) bond motifs is 1. The van der Waals surface area contributed by atoms with Crippen LogP contribution in [0.3, 0.4) is 0 Å². The van der Waals surface area contributed by atoms with Gasteiger partial charge in [0, 0.05) is 28.7 Å². The number of anilines is 1. The zero-order valence-corrected chi connectivity index (χ0v) is 16.8. The van der Waals surface area contributed by atoms with Crippen molar-refractivity contribution >= 4 is 33.8 Å². The Morgan fingerprint density at radius 2 is 2.23 bits per heavy atom. The van der Waals surface area contributed by atoms with E-state index in [1.165, 1.54) is 0 Å². The number of hydrogen-bond acceptors (Lipinski definition) is 6. The van der Waals surface area contributed by atoms with E-state index in [0.29, 0.717) is 11.4 Å². The van der Waals surface area contributed by atoms with Crippen molar-refractivity contribution in [3.63, 3.8) is 0 Å². The van der Waals surface area contributed by atoms with Gasteiger partial charge in [-0.25, -0.2) is 4.98 Å². The van der Waals surface area contributed by atoms with E-state index in [4.69, 9.17) is 0 Å². The van der Waals surface area contributed by atoms with Crippen LogP contribution >= 0.6 is 11.3 Å². The van der Waals surface area contributed by atoms with Crippen LogP contribution in [0.4, 0.5) is 5.69 Å². The fourth-order valence-electron chi connectivity index (χ4n) is 3.46. The number of benzene rings is 1. The van der Waals surface area contributed by atoms with Crippen LogP contribution in [0, 0.1) is 0 Å². The van der Waals surface area contributed by atoms with Gasteiger partial charge < -0.3 is 5.32 Å². The Morgan fingerprint density at radius 3 is 3.00 bits per heavy atom. The number of carbonyl (C=O) groups excluding carboxylic acids is 1. The summed E-state index contributed by atoms with van der Waals surface area (Å²) in [5.41, 5.74) is 6.46. The van der Waals surface area contributed by atoms with Gasteiger partial charge in [0.2, 0.25) is 0 Å². The minimum Gasteiger partial charge on any atom is -0.318 e. The molecule has 0 unspecified atom stereocenters. The minimum atomic E-state index is -0.293. The van der Waals surface area contributed by atoms with Crippen molar-refractivity contribution in [2.75, 3.05) is 5.32 Å². The zero-order valence-electron chi connectivity index (χ0n) is 16.0. The van der Waals surface area contributed by atoms with E-state index in [0.717, 1.165) is 34.1 Å². The molecule has 1 aromatic carbocycles. The van der Waals surface area contributed by atoms with Crippen molar-refractivity contribution in [2.45, 2.75) is 19.4 Å². The second-order valence-corrected chi connectivity index (χ2v) is 7.54. The Morgan fingerprint density at radius 1 is 1.30 bits per heavy atom. The molecule has 1 atom stereocenters. The number of nitrogens with one attached hydrogen (secondary N) is 3. The Hall–Kier alpha value is -3.79. The largest absolute Gasteiger partial charge is 0.318 e. The maximum atomic E-state index is 12.8. The SMILES string of the molecule is CC[C@@H](c1cscn1)n1cc(NC(=O)c2n[nH]c3cc(-c4cn[nH]c4)ccc23)cn1. The lowest BCUT2D eigenvalue weighted by Gasteiger charge is -2.12. The lowest BCUT2D eigenvalue weighted by molar-refractivity contribution is 0.102. The van der Waals surface area contributed by atoms with E-state index in [1.807, 2.05) is 46.2 Å². The smallest absolute Gasteiger partial charge is 0.276 e. The Bertz CT molecular complexity index is 1290. The summed E-state index contributed by atoms with van der Waals surface area (Å²) in [4.78, 5) is 17.2. The van der Waals surface area contributed by atoms with Crippen LogP contribution in [0.1, 0.15) is 35.6 Å². The number of nitrogens with zero attached hydrogens (tertiary/aromatic N) is 5. The van der Waals surface area contributed by atoms with E-state index < -0.39 is 0 Å². The van der Waals surface area contributed by atoms with E-state index in [-0.39, 0.29) is 11.9 Å².